The van der Waals surface area contributed by atoms with Crippen LogP contribution in [0.1, 0.15) is 55.4 Å². The lowest BCUT2D eigenvalue weighted by molar-refractivity contribution is -0.122. The highest BCUT2D eigenvalue weighted by molar-refractivity contribution is 6.22. The van der Waals surface area contributed by atoms with E-state index in [1.54, 1.807) is 0 Å². The number of carbonyl (C=O) groups excluding carboxylic acids is 2. The molecule has 2 heterocycles. The van der Waals surface area contributed by atoms with E-state index in [-0.39, 0.29) is 41.6 Å². The molecule has 42 heavy (non-hydrogen) atoms. The van der Waals surface area contributed by atoms with Crippen molar-refractivity contribution < 1.29 is 19.4 Å². The van der Waals surface area contributed by atoms with E-state index in [0.29, 0.717) is 24.5 Å². The van der Waals surface area contributed by atoms with Crippen molar-refractivity contribution in [2.75, 3.05) is 11.5 Å². The van der Waals surface area contributed by atoms with Gasteiger partial charge in [0.05, 0.1) is 30.2 Å². The van der Waals surface area contributed by atoms with Crippen molar-refractivity contribution in [3.8, 4) is 5.75 Å². The molecule has 2 amide bonds. The standard InChI is InChI=1S/C37H39NO4/c1-22(2)29-20-30-34(37(41)38(36(30)40)28-13-9-6-10-14-28)31-21-42-32(33(29)31)16-15-27(26-11-7-5-8-12-26)19-25-17-23(3)35(39)24(4)18-25/h5-14,17-19,22,30-32,34,39H,15-16,20-21H2,1-4H3/b27-19-/t30-,31+,32-,34-/m1/s1. The Balaban J connectivity index is 1.30. The molecule has 0 aromatic heterocycles. The maximum absolute atomic E-state index is 13.8. The van der Waals surface area contributed by atoms with Gasteiger partial charge in [0.2, 0.25) is 11.8 Å². The Bertz CT molecular complexity index is 1550. The molecule has 2 fully saturated rings. The number of carbonyl (C=O) groups is 2. The van der Waals surface area contributed by atoms with E-state index in [0.717, 1.165) is 35.1 Å². The van der Waals surface area contributed by atoms with Crippen LogP contribution in [0, 0.1) is 37.5 Å². The first-order chi connectivity index (χ1) is 20.2. The monoisotopic (exact) mass is 561 g/mol. The molecule has 2 saturated heterocycles. The Morgan fingerprint density at radius 2 is 1.60 bits per heavy atom. The van der Waals surface area contributed by atoms with Crippen molar-refractivity contribution in [1.29, 1.82) is 0 Å². The quantitative estimate of drug-likeness (QED) is 0.184. The summed E-state index contributed by atoms with van der Waals surface area (Å²) >= 11 is 0. The van der Waals surface area contributed by atoms with Gasteiger partial charge in [-0.25, -0.2) is 0 Å². The van der Waals surface area contributed by atoms with E-state index >= 15 is 0 Å². The molecule has 0 radical (unpaired) electrons. The zero-order valence-corrected chi connectivity index (χ0v) is 24.8. The molecular weight excluding hydrogens is 522 g/mol. The SMILES string of the molecule is Cc1cc(/C=C(/CC[C@H]2OC[C@H]3C2=C(C(C)C)C[C@H]2C(=O)N(c4ccccc4)C(=O)[C@H]23)c2ccccc2)cc(C)c1O. The zero-order chi connectivity index (χ0) is 29.5. The molecule has 3 aliphatic rings. The maximum atomic E-state index is 13.8. The average molecular weight is 562 g/mol. The van der Waals surface area contributed by atoms with Crippen molar-refractivity contribution in [2.24, 2.45) is 23.7 Å². The summed E-state index contributed by atoms with van der Waals surface area (Å²) in [4.78, 5) is 28.8. The molecule has 4 atom stereocenters. The number of allylic oxidation sites excluding steroid dienone is 2. The number of fused-ring (bicyclic) bond motifs is 3. The van der Waals surface area contributed by atoms with Gasteiger partial charge in [-0.3, -0.25) is 14.5 Å². The Morgan fingerprint density at radius 1 is 0.952 bits per heavy atom. The fourth-order valence-electron chi connectivity index (χ4n) is 7.30. The number of aromatic hydroxyl groups is 1. The van der Waals surface area contributed by atoms with Crippen molar-refractivity contribution in [2.45, 2.75) is 53.1 Å². The molecule has 5 nitrogen and oxygen atoms in total. The van der Waals surface area contributed by atoms with Crippen LogP contribution in [0.3, 0.4) is 0 Å². The molecule has 0 unspecified atom stereocenters. The van der Waals surface area contributed by atoms with E-state index in [1.165, 1.54) is 21.6 Å². The molecule has 5 heteroatoms. The van der Waals surface area contributed by atoms with E-state index in [2.05, 4.69) is 44.2 Å². The molecule has 6 rings (SSSR count). The molecule has 3 aromatic rings. The lowest BCUT2D eigenvalue weighted by Crippen LogP contribution is -2.35. The number of amides is 2. The highest BCUT2D eigenvalue weighted by Gasteiger charge is 2.57. The molecule has 0 bridgehead atoms. The summed E-state index contributed by atoms with van der Waals surface area (Å²) in [7, 11) is 0. The Hall–Kier alpha value is -3.96. The molecule has 0 spiro atoms. The number of para-hydroxylation sites is 1. The highest BCUT2D eigenvalue weighted by atomic mass is 16.5. The highest BCUT2D eigenvalue weighted by Crippen LogP contribution is 2.52. The summed E-state index contributed by atoms with van der Waals surface area (Å²) in [6.45, 7) is 8.71. The van der Waals surface area contributed by atoms with Crippen LogP contribution in [-0.4, -0.2) is 29.6 Å². The number of phenolic OH excluding ortho intramolecular Hbond substituents is 1. The van der Waals surface area contributed by atoms with Crippen LogP contribution in [0.25, 0.3) is 11.6 Å². The van der Waals surface area contributed by atoms with Crippen LogP contribution in [-0.2, 0) is 14.3 Å². The summed E-state index contributed by atoms with van der Waals surface area (Å²) in [5.41, 5.74) is 8.34. The second-order valence-electron chi connectivity index (χ2n) is 12.3. The summed E-state index contributed by atoms with van der Waals surface area (Å²) in [5.74, 6) is -0.316. The number of aryl methyl sites for hydroxylation is 2. The number of nitrogens with zero attached hydrogens (tertiary/aromatic N) is 1. The van der Waals surface area contributed by atoms with Gasteiger partial charge in [-0.05, 0) is 96.7 Å². The van der Waals surface area contributed by atoms with E-state index in [4.69, 9.17) is 4.74 Å². The van der Waals surface area contributed by atoms with Gasteiger partial charge in [0.1, 0.15) is 5.75 Å². The predicted octanol–water partition coefficient (Wildman–Crippen LogP) is 7.51. The summed E-state index contributed by atoms with van der Waals surface area (Å²) in [6.07, 6.45) is 4.34. The minimum Gasteiger partial charge on any atom is -0.507 e. The van der Waals surface area contributed by atoms with Gasteiger partial charge in [0, 0.05) is 5.92 Å². The first-order valence-electron chi connectivity index (χ1n) is 15.1. The summed E-state index contributed by atoms with van der Waals surface area (Å²) in [6, 6.07) is 23.8. The third-order valence-corrected chi connectivity index (χ3v) is 9.33. The van der Waals surface area contributed by atoms with Gasteiger partial charge in [0.15, 0.2) is 0 Å². The second-order valence-corrected chi connectivity index (χ2v) is 12.3. The molecule has 1 aliphatic carbocycles. The number of anilines is 1. The van der Waals surface area contributed by atoms with Crippen molar-refractivity contribution in [3.63, 3.8) is 0 Å². The van der Waals surface area contributed by atoms with Crippen molar-refractivity contribution >= 4 is 29.2 Å². The molecule has 1 N–H and O–H groups in total. The lowest BCUT2D eigenvalue weighted by atomic mass is 9.67. The molecular formula is C37H39NO4. The van der Waals surface area contributed by atoms with Crippen LogP contribution in [0.5, 0.6) is 5.75 Å². The Kier molecular flexibility index (Phi) is 7.63. The minimum atomic E-state index is -0.368. The van der Waals surface area contributed by atoms with Crippen LogP contribution in [0.2, 0.25) is 0 Å². The number of ether oxygens (including phenoxy) is 1. The van der Waals surface area contributed by atoms with E-state index in [9.17, 15) is 14.7 Å². The van der Waals surface area contributed by atoms with Crippen molar-refractivity contribution in [3.05, 3.63) is 106 Å². The molecule has 0 saturated carbocycles. The van der Waals surface area contributed by atoms with Crippen LogP contribution in [0.15, 0.2) is 83.9 Å². The number of phenols is 1. The number of hydrogen-bond donors (Lipinski definition) is 1. The van der Waals surface area contributed by atoms with E-state index in [1.807, 2.05) is 62.4 Å². The van der Waals surface area contributed by atoms with Gasteiger partial charge < -0.3 is 9.84 Å². The average Bonchev–Trinajstić information content (AvgIpc) is 3.52. The fourth-order valence-corrected chi connectivity index (χ4v) is 7.30. The largest absolute Gasteiger partial charge is 0.507 e. The zero-order valence-electron chi connectivity index (χ0n) is 24.8. The number of imide groups is 1. The lowest BCUT2D eigenvalue weighted by Gasteiger charge is -2.33. The van der Waals surface area contributed by atoms with Gasteiger partial charge in [-0.15, -0.1) is 0 Å². The van der Waals surface area contributed by atoms with Crippen LogP contribution < -0.4 is 4.90 Å². The molecule has 216 valence electrons. The van der Waals surface area contributed by atoms with Crippen LogP contribution >= 0.6 is 0 Å². The molecule has 2 aliphatic heterocycles. The number of hydrogen-bond acceptors (Lipinski definition) is 4. The Labute approximate surface area is 248 Å². The summed E-state index contributed by atoms with van der Waals surface area (Å²) in [5, 5.41) is 10.3. The number of benzene rings is 3. The Morgan fingerprint density at radius 3 is 2.24 bits per heavy atom. The van der Waals surface area contributed by atoms with E-state index < -0.39 is 0 Å². The van der Waals surface area contributed by atoms with Crippen LogP contribution in [0.4, 0.5) is 5.69 Å². The van der Waals surface area contributed by atoms with Gasteiger partial charge in [-0.1, -0.05) is 74.0 Å². The third kappa shape index (κ3) is 5.00. The summed E-state index contributed by atoms with van der Waals surface area (Å²) < 4.78 is 6.50. The maximum Gasteiger partial charge on any atom is 0.238 e. The molecule has 3 aromatic carbocycles. The van der Waals surface area contributed by atoms with Gasteiger partial charge in [0.25, 0.3) is 0 Å². The van der Waals surface area contributed by atoms with Gasteiger partial charge in [-0.2, -0.15) is 0 Å². The first kappa shape index (κ1) is 28.2. The second kappa shape index (κ2) is 11.4. The van der Waals surface area contributed by atoms with Crippen molar-refractivity contribution in [1.82, 2.24) is 0 Å². The first-order valence-corrected chi connectivity index (χ1v) is 15.1. The normalized spacial score (nSPS) is 24.0. The minimum absolute atomic E-state index is 0.0668. The third-order valence-electron chi connectivity index (χ3n) is 9.33. The predicted molar refractivity (Wildman–Crippen MR) is 167 cm³/mol. The van der Waals surface area contributed by atoms with Gasteiger partial charge >= 0.3 is 0 Å². The topological polar surface area (TPSA) is 66.8 Å². The fraction of sp³-hybridized carbons (Fsp3) is 0.351. The number of rotatable bonds is 7. The smallest absolute Gasteiger partial charge is 0.238 e.